The first-order valence-corrected chi connectivity index (χ1v) is 10.1. The summed E-state index contributed by atoms with van der Waals surface area (Å²) in [5.74, 6) is 0.777. The number of methoxy groups -OCH3 is 1. The van der Waals surface area contributed by atoms with Gasteiger partial charge in [0, 0.05) is 31.0 Å². The summed E-state index contributed by atoms with van der Waals surface area (Å²) in [6, 6.07) is 14.1. The van der Waals surface area contributed by atoms with Gasteiger partial charge in [-0.1, -0.05) is 30.0 Å². The number of para-hydroxylation sites is 2. The number of aromatic nitrogens is 4. The van der Waals surface area contributed by atoms with Crippen LogP contribution in [-0.2, 0) is 17.0 Å². The lowest BCUT2D eigenvalue weighted by molar-refractivity contribution is 0.186. The van der Waals surface area contributed by atoms with Gasteiger partial charge in [-0.25, -0.2) is 9.97 Å². The van der Waals surface area contributed by atoms with E-state index in [1.54, 1.807) is 36.4 Å². The van der Waals surface area contributed by atoms with Crippen LogP contribution in [0, 0.1) is 0 Å². The maximum Gasteiger partial charge on any atom is 0.169 e. The molecular weight excluding hydrogens is 364 g/mol. The van der Waals surface area contributed by atoms with Gasteiger partial charge in [-0.05, 0) is 24.3 Å². The summed E-state index contributed by atoms with van der Waals surface area (Å²) in [5.41, 5.74) is 4.12. The van der Waals surface area contributed by atoms with E-state index in [0.29, 0.717) is 6.61 Å². The molecule has 132 valence electrons. The zero-order valence-corrected chi connectivity index (χ0v) is 16.0. The Hall–Kier alpha value is -2.22. The molecule has 0 amide bonds. The van der Waals surface area contributed by atoms with Crippen LogP contribution in [-0.4, -0.2) is 33.2 Å². The molecule has 0 aliphatic rings. The topological polar surface area (TPSA) is 52.8 Å². The van der Waals surface area contributed by atoms with Gasteiger partial charge in [0.15, 0.2) is 5.16 Å². The molecule has 0 unspecified atom stereocenters. The van der Waals surface area contributed by atoms with Crippen molar-refractivity contribution in [3.8, 4) is 10.7 Å². The Balaban J connectivity index is 1.54. The third-order valence-corrected chi connectivity index (χ3v) is 5.85. The molecule has 1 aromatic carbocycles. The quantitative estimate of drug-likeness (QED) is 0.441. The predicted molar refractivity (Wildman–Crippen MR) is 107 cm³/mol. The number of fused-ring (bicyclic) bond motifs is 1. The molecule has 0 atom stereocenters. The van der Waals surface area contributed by atoms with E-state index in [1.807, 2.05) is 36.4 Å². The first-order chi connectivity index (χ1) is 12.8. The lowest BCUT2D eigenvalue weighted by Crippen LogP contribution is -2.05. The van der Waals surface area contributed by atoms with Gasteiger partial charge < -0.3 is 9.30 Å². The predicted octanol–water partition coefficient (Wildman–Crippen LogP) is 4.49. The molecule has 3 aromatic heterocycles. The zero-order valence-electron chi connectivity index (χ0n) is 14.3. The number of pyridine rings is 1. The molecule has 0 saturated heterocycles. The van der Waals surface area contributed by atoms with Crippen LogP contribution >= 0.6 is 23.1 Å². The van der Waals surface area contributed by atoms with Gasteiger partial charge in [0.1, 0.15) is 5.01 Å². The minimum absolute atomic E-state index is 0.661. The SMILES string of the molecule is COCCn1c(SCc2csc(-c3ccccn3)n2)nc2ccccc21. The standard InChI is InChI=1S/C19H18N4OS2/c1-24-11-10-23-17-8-3-2-6-15(17)22-19(23)26-13-14-12-25-18(21-14)16-7-4-5-9-20-16/h2-9,12H,10-11,13H2,1H3. The molecule has 7 heteroatoms. The maximum atomic E-state index is 5.26. The number of thioether (sulfide) groups is 1. The molecule has 26 heavy (non-hydrogen) atoms. The molecule has 0 radical (unpaired) electrons. The van der Waals surface area contributed by atoms with Crippen LogP contribution in [0.15, 0.2) is 59.2 Å². The molecule has 5 nitrogen and oxygen atoms in total. The summed E-state index contributed by atoms with van der Waals surface area (Å²) >= 11 is 3.33. The molecule has 0 fully saturated rings. The summed E-state index contributed by atoms with van der Waals surface area (Å²) in [6.07, 6.45) is 1.79. The molecule has 0 saturated carbocycles. The summed E-state index contributed by atoms with van der Waals surface area (Å²) in [7, 11) is 1.72. The van der Waals surface area contributed by atoms with Crippen molar-refractivity contribution < 1.29 is 4.74 Å². The highest BCUT2D eigenvalue weighted by Crippen LogP contribution is 2.29. The maximum absolute atomic E-state index is 5.26. The monoisotopic (exact) mass is 382 g/mol. The van der Waals surface area contributed by atoms with E-state index in [-0.39, 0.29) is 0 Å². The van der Waals surface area contributed by atoms with Crippen molar-refractivity contribution in [3.05, 3.63) is 59.7 Å². The second-order valence-electron chi connectivity index (χ2n) is 5.68. The number of hydrogen-bond donors (Lipinski definition) is 0. The van der Waals surface area contributed by atoms with E-state index in [9.17, 15) is 0 Å². The summed E-state index contributed by atoms with van der Waals surface area (Å²) in [5, 5.41) is 4.05. The van der Waals surface area contributed by atoms with Gasteiger partial charge in [-0.2, -0.15) is 0 Å². The molecule has 0 N–H and O–H groups in total. The first kappa shape index (κ1) is 17.2. The van der Waals surface area contributed by atoms with Crippen molar-refractivity contribution in [1.29, 1.82) is 0 Å². The van der Waals surface area contributed by atoms with E-state index < -0.39 is 0 Å². The molecule has 0 aliphatic carbocycles. The van der Waals surface area contributed by atoms with Crippen molar-refractivity contribution in [1.82, 2.24) is 19.5 Å². The molecule has 3 heterocycles. The highest BCUT2D eigenvalue weighted by Gasteiger charge is 2.12. The first-order valence-electron chi connectivity index (χ1n) is 8.28. The third-order valence-electron chi connectivity index (χ3n) is 3.92. The van der Waals surface area contributed by atoms with E-state index >= 15 is 0 Å². The molecule has 0 aliphatic heterocycles. The highest BCUT2D eigenvalue weighted by molar-refractivity contribution is 7.98. The number of imidazole rings is 1. The van der Waals surface area contributed by atoms with Gasteiger partial charge in [0.2, 0.25) is 0 Å². The van der Waals surface area contributed by atoms with E-state index in [1.165, 1.54) is 0 Å². The summed E-state index contributed by atoms with van der Waals surface area (Å²) < 4.78 is 7.48. The lowest BCUT2D eigenvalue weighted by Gasteiger charge is -2.07. The Kier molecular flexibility index (Phi) is 5.29. The van der Waals surface area contributed by atoms with Crippen molar-refractivity contribution in [3.63, 3.8) is 0 Å². The molecule has 0 spiro atoms. The van der Waals surface area contributed by atoms with E-state index in [0.717, 1.165) is 44.9 Å². The average Bonchev–Trinajstić information content (AvgIpc) is 3.30. The third kappa shape index (κ3) is 3.65. The Morgan fingerprint density at radius 1 is 1.12 bits per heavy atom. The molecule has 4 rings (SSSR count). The van der Waals surface area contributed by atoms with Crippen molar-refractivity contribution in [2.75, 3.05) is 13.7 Å². The van der Waals surface area contributed by atoms with Crippen LogP contribution in [0.4, 0.5) is 0 Å². The second-order valence-corrected chi connectivity index (χ2v) is 7.48. The number of benzene rings is 1. The van der Waals surface area contributed by atoms with Gasteiger partial charge in [0.25, 0.3) is 0 Å². The van der Waals surface area contributed by atoms with E-state index in [2.05, 4.69) is 21.0 Å². The van der Waals surface area contributed by atoms with Gasteiger partial charge >= 0.3 is 0 Å². The molecule has 4 aromatic rings. The number of ether oxygens (including phenoxy) is 1. The Morgan fingerprint density at radius 3 is 2.85 bits per heavy atom. The fraction of sp³-hybridized carbons (Fsp3) is 0.211. The van der Waals surface area contributed by atoms with Crippen molar-refractivity contribution in [2.24, 2.45) is 0 Å². The number of rotatable bonds is 7. The van der Waals surface area contributed by atoms with Crippen molar-refractivity contribution in [2.45, 2.75) is 17.5 Å². The number of nitrogens with zero attached hydrogens (tertiary/aromatic N) is 4. The minimum Gasteiger partial charge on any atom is -0.383 e. The molecular formula is C19H18N4OS2. The summed E-state index contributed by atoms with van der Waals surface area (Å²) in [4.78, 5) is 13.9. The summed E-state index contributed by atoms with van der Waals surface area (Å²) in [6.45, 7) is 1.45. The van der Waals surface area contributed by atoms with Crippen LogP contribution in [0.5, 0.6) is 0 Å². The van der Waals surface area contributed by atoms with Crippen LogP contribution in [0.25, 0.3) is 21.7 Å². The number of hydrogen-bond acceptors (Lipinski definition) is 6. The van der Waals surface area contributed by atoms with Gasteiger partial charge in [-0.15, -0.1) is 11.3 Å². The lowest BCUT2D eigenvalue weighted by atomic mass is 10.3. The minimum atomic E-state index is 0.661. The Bertz CT molecular complexity index is 997. The fourth-order valence-corrected chi connectivity index (χ4v) is 4.51. The largest absolute Gasteiger partial charge is 0.383 e. The number of thiazole rings is 1. The Morgan fingerprint density at radius 2 is 2.00 bits per heavy atom. The van der Waals surface area contributed by atoms with Crippen LogP contribution in [0.2, 0.25) is 0 Å². The van der Waals surface area contributed by atoms with Crippen LogP contribution < -0.4 is 0 Å². The highest BCUT2D eigenvalue weighted by atomic mass is 32.2. The second kappa shape index (κ2) is 7.99. The fourth-order valence-electron chi connectivity index (χ4n) is 2.68. The van der Waals surface area contributed by atoms with E-state index in [4.69, 9.17) is 14.7 Å². The zero-order chi connectivity index (χ0) is 17.8. The van der Waals surface area contributed by atoms with Gasteiger partial charge in [-0.3, -0.25) is 4.98 Å². The van der Waals surface area contributed by atoms with Crippen LogP contribution in [0.1, 0.15) is 5.69 Å². The smallest absolute Gasteiger partial charge is 0.169 e. The normalized spacial score (nSPS) is 11.3. The average molecular weight is 383 g/mol. The Labute approximate surface area is 160 Å². The molecule has 0 bridgehead atoms. The van der Waals surface area contributed by atoms with Crippen LogP contribution in [0.3, 0.4) is 0 Å². The van der Waals surface area contributed by atoms with Gasteiger partial charge in [0.05, 0.1) is 29.0 Å². The van der Waals surface area contributed by atoms with Crippen molar-refractivity contribution >= 4 is 34.1 Å².